The van der Waals surface area contributed by atoms with Crippen LogP contribution in [0.4, 0.5) is 10.3 Å². The van der Waals surface area contributed by atoms with Gasteiger partial charge in [0.1, 0.15) is 5.82 Å². The van der Waals surface area contributed by atoms with Gasteiger partial charge in [0.25, 0.3) is 0 Å². The van der Waals surface area contributed by atoms with E-state index in [2.05, 4.69) is 25.6 Å². The van der Waals surface area contributed by atoms with Crippen LogP contribution in [0.5, 0.6) is 0 Å². The molecule has 1 saturated heterocycles. The Kier molecular flexibility index (Phi) is 6.54. The first-order valence-corrected chi connectivity index (χ1v) is 12.4. The molecule has 2 aromatic carbocycles. The molecule has 0 unspecified atom stereocenters. The molecule has 1 aliphatic heterocycles. The van der Waals surface area contributed by atoms with Crippen LogP contribution >= 0.6 is 0 Å². The zero-order chi connectivity index (χ0) is 21.8. The highest BCUT2D eigenvalue weighted by atomic mass is 32.2. The van der Waals surface area contributed by atoms with Crippen LogP contribution in [0.25, 0.3) is 11.0 Å². The number of halogens is 1. The van der Waals surface area contributed by atoms with Gasteiger partial charge < -0.3 is 14.8 Å². The Morgan fingerprint density at radius 3 is 2.52 bits per heavy atom. The summed E-state index contributed by atoms with van der Waals surface area (Å²) >= 11 is 0. The largest absolute Gasteiger partial charge is 0.353 e. The number of hydrogen-bond acceptors (Lipinski definition) is 5. The average Bonchev–Trinajstić information content (AvgIpc) is 3.07. The predicted octanol–water partition coefficient (Wildman–Crippen LogP) is 2.65. The van der Waals surface area contributed by atoms with Crippen molar-refractivity contribution in [2.24, 2.45) is 0 Å². The minimum Gasteiger partial charge on any atom is -0.353 e. The summed E-state index contributed by atoms with van der Waals surface area (Å²) < 4.78 is 40.4. The normalized spacial score (nSPS) is 16.1. The number of sulfonamides is 1. The van der Waals surface area contributed by atoms with Gasteiger partial charge >= 0.3 is 0 Å². The molecule has 166 valence electrons. The molecule has 2 N–H and O–H groups in total. The second-order valence-electron chi connectivity index (χ2n) is 8.06. The number of imidazole rings is 1. The molecule has 0 amide bonds. The lowest BCUT2D eigenvalue weighted by Crippen LogP contribution is -2.42. The summed E-state index contributed by atoms with van der Waals surface area (Å²) in [6, 6.07) is 14.9. The van der Waals surface area contributed by atoms with E-state index >= 15 is 0 Å². The third kappa shape index (κ3) is 5.81. The molecule has 4 rings (SSSR count). The molecule has 0 atom stereocenters. The SMILES string of the molecule is CS(=O)(=O)NCCN1CCC(Nc2nc3ccccc3n2Cc2ccc(F)cc2)CC1. The first kappa shape index (κ1) is 21.7. The number of likely N-dealkylation sites (tertiary alicyclic amines) is 1. The standard InChI is InChI=1S/C22H28FN5O2S/c1-31(29,30)24-12-15-27-13-10-19(11-14-27)25-22-26-20-4-2-3-5-21(20)28(22)16-17-6-8-18(23)9-7-17/h2-9,19,24H,10-16H2,1H3,(H,25,26). The molecule has 0 bridgehead atoms. The van der Waals surface area contributed by atoms with E-state index in [4.69, 9.17) is 4.98 Å². The summed E-state index contributed by atoms with van der Waals surface area (Å²) in [5.41, 5.74) is 2.98. The zero-order valence-electron chi connectivity index (χ0n) is 17.6. The van der Waals surface area contributed by atoms with E-state index in [0.717, 1.165) is 48.5 Å². The van der Waals surface area contributed by atoms with Crippen molar-refractivity contribution in [3.05, 3.63) is 59.9 Å². The maximum absolute atomic E-state index is 13.3. The van der Waals surface area contributed by atoms with E-state index in [-0.39, 0.29) is 5.82 Å². The van der Waals surface area contributed by atoms with Crippen molar-refractivity contribution in [3.63, 3.8) is 0 Å². The fourth-order valence-electron chi connectivity index (χ4n) is 3.99. The molecular formula is C22H28FN5O2S. The summed E-state index contributed by atoms with van der Waals surface area (Å²) in [6.45, 7) is 3.56. The highest BCUT2D eigenvalue weighted by Gasteiger charge is 2.21. The van der Waals surface area contributed by atoms with Crippen molar-refractivity contribution in [1.29, 1.82) is 0 Å². The van der Waals surface area contributed by atoms with Gasteiger partial charge in [0.15, 0.2) is 0 Å². The molecule has 1 fully saturated rings. The third-order valence-corrected chi connectivity index (χ3v) is 6.35. The Labute approximate surface area is 182 Å². The molecule has 0 aliphatic carbocycles. The van der Waals surface area contributed by atoms with Crippen molar-refractivity contribution in [1.82, 2.24) is 19.2 Å². The molecule has 0 spiro atoms. The van der Waals surface area contributed by atoms with Crippen LogP contribution in [0.1, 0.15) is 18.4 Å². The number of para-hydroxylation sites is 2. The Balaban J connectivity index is 1.42. The maximum atomic E-state index is 13.3. The van der Waals surface area contributed by atoms with Gasteiger partial charge in [-0.05, 0) is 42.7 Å². The molecule has 31 heavy (non-hydrogen) atoms. The molecule has 3 aromatic rings. The van der Waals surface area contributed by atoms with Gasteiger partial charge in [-0.2, -0.15) is 0 Å². The number of hydrogen-bond donors (Lipinski definition) is 2. The molecule has 1 aliphatic rings. The minimum absolute atomic E-state index is 0.240. The van der Waals surface area contributed by atoms with Crippen molar-refractivity contribution < 1.29 is 12.8 Å². The van der Waals surface area contributed by atoms with Crippen LogP contribution in [0.3, 0.4) is 0 Å². The van der Waals surface area contributed by atoms with E-state index < -0.39 is 10.0 Å². The summed E-state index contributed by atoms with van der Waals surface area (Å²) in [6.07, 6.45) is 3.10. The maximum Gasteiger partial charge on any atom is 0.208 e. The second kappa shape index (κ2) is 9.33. The topological polar surface area (TPSA) is 79.3 Å². The van der Waals surface area contributed by atoms with Crippen molar-refractivity contribution in [2.75, 3.05) is 37.8 Å². The van der Waals surface area contributed by atoms with Crippen molar-refractivity contribution >= 4 is 27.0 Å². The van der Waals surface area contributed by atoms with Crippen molar-refractivity contribution in [2.45, 2.75) is 25.4 Å². The summed E-state index contributed by atoms with van der Waals surface area (Å²) in [4.78, 5) is 7.08. The lowest BCUT2D eigenvalue weighted by atomic mass is 10.1. The number of piperidine rings is 1. The van der Waals surface area contributed by atoms with E-state index in [1.165, 1.54) is 18.4 Å². The number of rotatable bonds is 8. The highest BCUT2D eigenvalue weighted by Crippen LogP contribution is 2.24. The van der Waals surface area contributed by atoms with Gasteiger partial charge in [-0.3, -0.25) is 0 Å². The monoisotopic (exact) mass is 445 g/mol. The van der Waals surface area contributed by atoms with E-state index in [1.807, 2.05) is 18.2 Å². The smallest absolute Gasteiger partial charge is 0.208 e. The number of aromatic nitrogens is 2. The molecule has 2 heterocycles. The van der Waals surface area contributed by atoms with Gasteiger partial charge in [0, 0.05) is 32.2 Å². The molecule has 9 heteroatoms. The first-order chi connectivity index (χ1) is 14.9. The zero-order valence-corrected chi connectivity index (χ0v) is 18.4. The number of anilines is 1. The second-order valence-corrected chi connectivity index (χ2v) is 9.90. The molecule has 0 radical (unpaired) electrons. The quantitative estimate of drug-likeness (QED) is 0.557. The Bertz CT molecular complexity index is 1120. The highest BCUT2D eigenvalue weighted by molar-refractivity contribution is 7.88. The van der Waals surface area contributed by atoms with Crippen LogP contribution in [0.2, 0.25) is 0 Å². The van der Waals surface area contributed by atoms with Crippen LogP contribution in [0, 0.1) is 5.82 Å². The summed E-state index contributed by atoms with van der Waals surface area (Å²) in [7, 11) is -3.14. The Hall–Kier alpha value is -2.49. The Morgan fingerprint density at radius 1 is 1.10 bits per heavy atom. The minimum atomic E-state index is -3.14. The van der Waals surface area contributed by atoms with E-state index in [0.29, 0.717) is 25.7 Å². The first-order valence-electron chi connectivity index (χ1n) is 10.5. The summed E-state index contributed by atoms with van der Waals surface area (Å²) in [5.74, 6) is 0.582. The number of nitrogens with one attached hydrogen (secondary N) is 2. The Morgan fingerprint density at radius 2 is 1.81 bits per heavy atom. The van der Waals surface area contributed by atoms with E-state index in [1.54, 1.807) is 12.1 Å². The molecule has 1 aromatic heterocycles. The van der Waals surface area contributed by atoms with Gasteiger partial charge in [-0.15, -0.1) is 0 Å². The fraction of sp³-hybridized carbons (Fsp3) is 0.409. The lowest BCUT2D eigenvalue weighted by Gasteiger charge is -2.32. The number of fused-ring (bicyclic) bond motifs is 1. The van der Waals surface area contributed by atoms with Crippen LogP contribution in [-0.4, -0.2) is 61.3 Å². The lowest BCUT2D eigenvalue weighted by molar-refractivity contribution is 0.222. The van der Waals surface area contributed by atoms with Crippen LogP contribution in [0.15, 0.2) is 48.5 Å². The number of nitrogens with zero attached hydrogens (tertiary/aromatic N) is 3. The molecular weight excluding hydrogens is 417 g/mol. The van der Waals surface area contributed by atoms with Gasteiger partial charge in [0.2, 0.25) is 16.0 Å². The molecule has 0 saturated carbocycles. The van der Waals surface area contributed by atoms with Crippen molar-refractivity contribution in [3.8, 4) is 0 Å². The average molecular weight is 446 g/mol. The van der Waals surface area contributed by atoms with E-state index in [9.17, 15) is 12.8 Å². The van der Waals surface area contributed by atoms with Gasteiger partial charge in [0.05, 0.1) is 23.8 Å². The fourth-order valence-corrected chi connectivity index (χ4v) is 4.45. The number of benzene rings is 2. The molecule has 7 nitrogen and oxygen atoms in total. The predicted molar refractivity (Wildman–Crippen MR) is 121 cm³/mol. The third-order valence-electron chi connectivity index (χ3n) is 5.62. The van der Waals surface area contributed by atoms with Crippen LogP contribution in [-0.2, 0) is 16.6 Å². The van der Waals surface area contributed by atoms with Crippen LogP contribution < -0.4 is 10.0 Å². The van der Waals surface area contributed by atoms with Gasteiger partial charge in [-0.1, -0.05) is 24.3 Å². The van der Waals surface area contributed by atoms with Gasteiger partial charge in [-0.25, -0.2) is 22.5 Å². The summed E-state index contributed by atoms with van der Waals surface area (Å²) in [5, 5.41) is 3.61.